The molecule has 1 heterocycles. The van der Waals surface area contributed by atoms with Crippen molar-refractivity contribution in [3.05, 3.63) is 30.1 Å². The van der Waals surface area contributed by atoms with Crippen LogP contribution in [0.2, 0.25) is 0 Å². The van der Waals surface area contributed by atoms with E-state index in [1.54, 1.807) is 0 Å². The van der Waals surface area contributed by atoms with Crippen LogP contribution in [0.4, 0.5) is 0 Å². The molecule has 0 bridgehead atoms. The average Bonchev–Trinajstić information content (AvgIpc) is 2.73. The van der Waals surface area contributed by atoms with E-state index in [1.807, 2.05) is 6.07 Å². The van der Waals surface area contributed by atoms with Gasteiger partial charge in [0.1, 0.15) is 5.82 Å². The first-order valence-corrected chi connectivity index (χ1v) is 6.29. The smallest absolute Gasteiger partial charge is 0.110 e. The van der Waals surface area contributed by atoms with Gasteiger partial charge in [0.15, 0.2) is 0 Å². The van der Waals surface area contributed by atoms with Gasteiger partial charge in [-0.3, -0.25) is 0 Å². The number of aromatic amines is 1. The second kappa shape index (κ2) is 5.15. The summed E-state index contributed by atoms with van der Waals surface area (Å²) < 4.78 is 0. The standard InChI is InChI=1S/C14H20N2/c1-3-5-8-11(4-2)14-15-12-9-6-7-10-13(12)16-14/h6-7,9-11H,3-5,8H2,1-2H3,(H,15,16)/t11-/m1/s1. The number of aromatic nitrogens is 2. The summed E-state index contributed by atoms with van der Waals surface area (Å²) in [7, 11) is 0. The van der Waals surface area contributed by atoms with E-state index in [9.17, 15) is 0 Å². The van der Waals surface area contributed by atoms with E-state index in [-0.39, 0.29) is 0 Å². The van der Waals surface area contributed by atoms with Crippen LogP contribution in [-0.2, 0) is 0 Å². The van der Waals surface area contributed by atoms with Gasteiger partial charge in [0.2, 0.25) is 0 Å². The van der Waals surface area contributed by atoms with Crippen molar-refractivity contribution >= 4 is 11.0 Å². The molecule has 0 fully saturated rings. The molecule has 1 N–H and O–H groups in total. The van der Waals surface area contributed by atoms with Crippen molar-refractivity contribution < 1.29 is 0 Å². The lowest BCUT2D eigenvalue weighted by Crippen LogP contribution is -1.99. The fourth-order valence-corrected chi connectivity index (χ4v) is 2.15. The first-order valence-electron chi connectivity index (χ1n) is 6.29. The summed E-state index contributed by atoms with van der Waals surface area (Å²) in [5, 5.41) is 0. The van der Waals surface area contributed by atoms with Gasteiger partial charge in [-0.1, -0.05) is 38.8 Å². The molecule has 2 heteroatoms. The highest BCUT2D eigenvalue weighted by Gasteiger charge is 2.12. The van der Waals surface area contributed by atoms with Crippen LogP contribution in [0, 0.1) is 0 Å². The Bertz CT molecular complexity index is 412. The highest BCUT2D eigenvalue weighted by molar-refractivity contribution is 5.74. The number of rotatable bonds is 5. The van der Waals surface area contributed by atoms with Crippen LogP contribution in [0.3, 0.4) is 0 Å². The summed E-state index contributed by atoms with van der Waals surface area (Å²) in [6.07, 6.45) is 4.96. The van der Waals surface area contributed by atoms with Gasteiger partial charge >= 0.3 is 0 Å². The van der Waals surface area contributed by atoms with Gasteiger partial charge in [-0.2, -0.15) is 0 Å². The van der Waals surface area contributed by atoms with Crippen molar-refractivity contribution in [1.82, 2.24) is 9.97 Å². The van der Waals surface area contributed by atoms with Crippen molar-refractivity contribution in [2.45, 2.75) is 45.4 Å². The van der Waals surface area contributed by atoms with Gasteiger partial charge in [0.25, 0.3) is 0 Å². The largest absolute Gasteiger partial charge is 0.342 e. The van der Waals surface area contributed by atoms with E-state index in [0.29, 0.717) is 5.92 Å². The normalized spacial score (nSPS) is 13.1. The minimum Gasteiger partial charge on any atom is -0.342 e. The number of para-hydroxylation sites is 2. The molecule has 0 aliphatic rings. The van der Waals surface area contributed by atoms with Crippen molar-refractivity contribution in [2.24, 2.45) is 0 Å². The molecule has 0 radical (unpaired) electrons. The van der Waals surface area contributed by atoms with Crippen LogP contribution in [0.1, 0.15) is 51.3 Å². The van der Waals surface area contributed by atoms with Crippen LogP contribution in [-0.4, -0.2) is 9.97 Å². The summed E-state index contributed by atoms with van der Waals surface area (Å²) >= 11 is 0. The lowest BCUT2D eigenvalue weighted by molar-refractivity contribution is 0.549. The summed E-state index contributed by atoms with van der Waals surface area (Å²) in [5.74, 6) is 1.75. The van der Waals surface area contributed by atoms with Crippen LogP contribution >= 0.6 is 0 Å². The van der Waals surface area contributed by atoms with Gasteiger partial charge < -0.3 is 4.98 Å². The molecule has 0 unspecified atom stereocenters. The SMILES string of the molecule is CCCC[C@@H](CC)c1nc2ccccc2[nH]1. The number of unbranched alkanes of at least 4 members (excludes halogenated alkanes) is 1. The number of hydrogen-bond donors (Lipinski definition) is 1. The molecule has 0 aliphatic carbocycles. The third-order valence-corrected chi connectivity index (χ3v) is 3.19. The minimum absolute atomic E-state index is 0.590. The van der Waals surface area contributed by atoms with Gasteiger partial charge in [-0.05, 0) is 25.0 Å². The molecule has 86 valence electrons. The maximum Gasteiger partial charge on any atom is 0.110 e. The molecule has 2 rings (SSSR count). The van der Waals surface area contributed by atoms with Gasteiger partial charge in [0, 0.05) is 5.92 Å². The molecule has 1 aromatic heterocycles. The Morgan fingerprint density at radius 2 is 2.06 bits per heavy atom. The molecule has 0 spiro atoms. The topological polar surface area (TPSA) is 28.7 Å². The molecule has 0 saturated heterocycles. The van der Waals surface area contributed by atoms with Gasteiger partial charge in [-0.25, -0.2) is 4.98 Å². The Labute approximate surface area is 97.1 Å². The zero-order valence-corrected chi connectivity index (χ0v) is 10.2. The molecule has 0 amide bonds. The van der Waals surface area contributed by atoms with Gasteiger partial charge in [-0.15, -0.1) is 0 Å². The summed E-state index contributed by atoms with van der Waals surface area (Å²) in [5.41, 5.74) is 2.25. The third-order valence-electron chi connectivity index (χ3n) is 3.19. The van der Waals surface area contributed by atoms with Crippen molar-refractivity contribution in [3.8, 4) is 0 Å². The number of H-pyrrole nitrogens is 1. The van der Waals surface area contributed by atoms with E-state index in [2.05, 4.69) is 42.0 Å². The Morgan fingerprint density at radius 3 is 2.75 bits per heavy atom. The maximum atomic E-state index is 4.68. The fraction of sp³-hybridized carbons (Fsp3) is 0.500. The number of nitrogens with zero attached hydrogens (tertiary/aromatic N) is 1. The predicted octanol–water partition coefficient (Wildman–Crippen LogP) is 4.25. The van der Waals surface area contributed by atoms with Crippen LogP contribution < -0.4 is 0 Å². The third kappa shape index (κ3) is 2.26. The van der Waals surface area contributed by atoms with Crippen LogP contribution in [0.15, 0.2) is 24.3 Å². The van der Waals surface area contributed by atoms with Crippen molar-refractivity contribution in [2.75, 3.05) is 0 Å². The van der Waals surface area contributed by atoms with Crippen molar-refractivity contribution in [3.63, 3.8) is 0 Å². The summed E-state index contributed by atoms with van der Waals surface area (Å²) in [6, 6.07) is 8.26. The van der Waals surface area contributed by atoms with Gasteiger partial charge in [0.05, 0.1) is 11.0 Å². The molecule has 2 aromatic rings. The number of benzene rings is 1. The van der Waals surface area contributed by atoms with E-state index < -0.39 is 0 Å². The van der Waals surface area contributed by atoms with E-state index in [1.165, 1.54) is 25.7 Å². The molecule has 1 aromatic carbocycles. The maximum absolute atomic E-state index is 4.68. The Balaban J connectivity index is 2.23. The van der Waals surface area contributed by atoms with E-state index >= 15 is 0 Å². The zero-order chi connectivity index (χ0) is 11.4. The van der Waals surface area contributed by atoms with Crippen LogP contribution in [0.25, 0.3) is 11.0 Å². The number of fused-ring (bicyclic) bond motifs is 1. The van der Waals surface area contributed by atoms with Crippen LogP contribution in [0.5, 0.6) is 0 Å². The molecular formula is C14H20N2. The predicted molar refractivity (Wildman–Crippen MR) is 68.7 cm³/mol. The molecule has 16 heavy (non-hydrogen) atoms. The Morgan fingerprint density at radius 1 is 1.25 bits per heavy atom. The quantitative estimate of drug-likeness (QED) is 0.795. The Kier molecular flexibility index (Phi) is 3.60. The Hall–Kier alpha value is -1.31. The average molecular weight is 216 g/mol. The second-order valence-electron chi connectivity index (χ2n) is 4.39. The highest BCUT2D eigenvalue weighted by atomic mass is 14.9. The monoisotopic (exact) mass is 216 g/mol. The first-order chi connectivity index (χ1) is 7.85. The fourth-order valence-electron chi connectivity index (χ4n) is 2.15. The zero-order valence-electron chi connectivity index (χ0n) is 10.2. The lowest BCUT2D eigenvalue weighted by Gasteiger charge is -2.10. The summed E-state index contributed by atoms with van der Waals surface area (Å²) in [6.45, 7) is 4.48. The number of hydrogen-bond acceptors (Lipinski definition) is 1. The molecule has 2 nitrogen and oxygen atoms in total. The molecule has 0 aliphatic heterocycles. The second-order valence-corrected chi connectivity index (χ2v) is 4.39. The number of nitrogens with one attached hydrogen (secondary N) is 1. The van der Waals surface area contributed by atoms with Crippen molar-refractivity contribution in [1.29, 1.82) is 0 Å². The first kappa shape index (κ1) is 11.2. The van der Waals surface area contributed by atoms with E-state index in [0.717, 1.165) is 16.9 Å². The lowest BCUT2D eigenvalue weighted by atomic mass is 9.99. The highest BCUT2D eigenvalue weighted by Crippen LogP contribution is 2.25. The molecule has 1 atom stereocenters. The number of imidazole rings is 1. The molecule has 0 saturated carbocycles. The van der Waals surface area contributed by atoms with E-state index in [4.69, 9.17) is 0 Å². The minimum atomic E-state index is 0.590. The summed E-state index contributed by atoms with van der Waals surface area (Å²) in [4.78, 5) is 8.13. The molecular weight excluding hydrogens is 196 g/mol.